The number of carboxylic acids is 2. The fraction of sp³-hybridized carbons (Fsp3) is 0.719. The van der Waals surface area contributed by atoms with Gasteiger partial charge < -0.3 is 25.2 Å². The minimum absolute atomic E-state index is 0.138. The number of hydrogen-bond acceptors (Lipinski definition) is 8. The molecule has 0 aromatic heterocycles. The van der Waals surface area contributed by atoms with E-state index in [4.69, 9.17) is 4.74 Å². The first-order chi connectivity index (χ1) is 18.9. The number of hydrogen-bond donors (Lipinski definition) is 4. The number of aliphatic hydroxyl groups is 2. The standard InChI is InChI=1S/C32H46O10/c1-17(33)42-27(2,3)13-12-22(35)32(9,41)25-20(34)15-29(6)21-11-10-18(28(4,5)26(39)40)19(14-24(37)38)31(21,8)23(36)16-30(25,29)7/h10,12-13,19-21,25,34,41H,11,14-16H2,1-9H3,(H,37,38)(H,39,40)/b13-12+/t19-,20+,21+,25+,29-,30+,31-,32+/m0/s1. The number of fused-ring (bicyclic) bond motifs is 3. The molecule has 0 aromatic carbocycles. The Bertz CT molecular complexity index is 1260. The molecular formula is C32H46O10. The number of carbonyl (C=O) groups is 5. The molecule has 0 radical (unpaired) electrons. The van der Waals surface area contributed by atoms with E-state index in [2.05, 4.69) is 0 Å². The fourth-order valence-corrected chi connectivity index (χ4v) is 8.76. The third-order valence-corrected chi connectivity index (χ3v) is 11.1. The molecular weight excluding hydrogens is 544 g/mol. The summed E-state index contributed by atoms with van der Waals surface area (Å²) in [5, 5.41) is 43.1. The Morgan fingerprint density at radius 2 is 1.62 bits per heavy atom. The van der Waals surface area contributed by atoms with Crippen LogP contribution in [0.1, 0.15) is 88.0 Å². The van der Waals surface area contributed by atoms with Gasteiger partial charge in [-0.2, -0.15) is 0 Å². The predicted octanol–water partition coefficient (Wildman–Crippen LogP) is 3.72. The van der Waals surface area contributed by atoms with Gasteiger partial charge in [-0.1, -0.05) is 32.4 Å². The first kappa shape index (κ1) is 33.6. The Hall–Kier alpha value is -2.85. The van der Waals surface area contributed by atoms with E-state index in [1.54, 1.807) is 33.8 Å². The number of Topliss-reactive ketones (excluding diaryl/α,β-unsaturated/α-hetero) is 1. The van der Waals surface area contributed by atoms with Gasteiger partial charge in [-0.15, -0.1) is 0 Å². The quantitative estimate of drug-likeness (QED) is 0.176. The van der Waals surface area contributed by atoms with Crippen LogP contribution >= 0.6 is 0 Å². The molecule has 234 valence electrons. The van der Waals surface area contributed by atoms with Crippen LogP contribution in [-0.2, 0) is 28.7 Å². The molecule has 0 aliphatic heterocycles. The van der Waals surface area contributed by atoms with Crippen molar-refractivity contribution in [1.82, 2.24) is 0 Å². The van der Waals surface area contributed by atoms with Crippen molar-refractivity contribution in [3.05, 3.63) is 23.8 Å². The van der Waals surface area contributed by atoms with Crippen molar-refractivity contribution in [2.75, 3.05) is 0 Å². The number of ether oxygens (including phenoxy) is 1. The van der Waals surface area contributed by atoms with Crippen LogP contribution < -0.4 is 0 Å². The highest BCUT2D eigenvalue weighted by Gasteiger charge is 2.74. The molecule has 4 N–H and O–H groups in total. The Morgan fingerprint density at radius 1 is 1.05 bits per heavy atom. The molecule has 0 amide bonds. The van der Waals surface area contributed by atoms with Gasteiger partial charge in [-0.05, 0) is 76.4 Å². The summed E-state index contributed by atoms with van der Waals surface area (Å²) in [5.41, 5.74) is -7.36. The Labute approximate surface area is 247 Å². The van der Waals surface area contributed by atoms with Crippen LogP contribution in [-0.4, -0.2) is 67.2 Å². The van der Waals surface area contributed by atoms with Gasteiger partial charge in [0.05, 0.1) is 17.9 Å². The van der Waals surface area contributed by atoms with Gasteiger partial charge in [0.1, 0.15) is 17.0 Å². The molecule has 3 aliphatic carbocycles. The van der Waals surface area contributed by atoms with E-state index < -0.39 is 86.8 Å². The number of rotatable bonds is 9. The van der Waals surface area contributed by atoms with E-state index in [9.17, 15) is 44.4 Å². The van der Waals surface area contributed by atoms with Crippen LogP contribution in [0.15, 0.2) is 23.8 Å². The highest BCUT2D eigenvalue weighted by Crippen LogP contribution is 2.73. The Kier molecular flexibility index (Phi) is 8.33. The van der Waals surface area contributed by atoms with E-state index >= 15 is 0 Å². The zero-order valence-corrected chi connectivity index (χ0v) is 26.1. The van der Waals surface area contributed by atoms with E-state index in [0.29, 0.717) is 5.57 Å². The van der Waals surface area contributed by atoms with Crippen molar-refractivity contribution < 1.29 is 49.1 Å². The average molecular weight is 591 g/mol. The van der Waals surface area contributed by atoms with Gasteiger partial charge in [-0.25, -0.2) is 0 Å². The maximum absolute atomic E-state index is 14.3. The lowest BCUT2D eigenvalue weighted by Crippen LogP contribution is -2.64. The second-order valence-electron chi connectivity index (χ2n) is 14.5. The van der Waals surface area contributed by atoms with Crippen LogP contribution in [0.2, 0.25) is 0 Å². The van der Waals surface area contributed by atoms with Crippen LogP contribution in [0.5, 0.6) is 0 Å². The highest BCUT2D eigenvalue weighted by atomic mass is 16.6. The van der Waals surface area contributed by atoms with Gasteiger partial charge in [0.25, 0.3) is 0 Å². The van der Waals surface area contributed by atoms with Gasteiger partial charge in [0, 0.05) is 30.6 Å². The Balaban J connectivity index is 2.12. The van der Waals surface area contributed by atoms with Crippen LogP contribution in [0.4, 0.5) is 0 Å². The maximum Gasteiger partial charge on any atom is 0.313 e. The molecule has 2 saturated carbocycles. The summed E-state index contributed by atoms with van der Waals surface area (Å²) in [6.45, 7) is 14.2. The van der Waals surface area contributed by atoms with Gasteiger partial charge in [0.2, 0.25) is 0 Å². The molecule has 10 heteroatoms. The minimum atomic E-state index is -2.09. The number of ketones is 2. The molecule has 0 saturated heterocycles. The minimum Gasteiger partial charge on any atom is -0.481 e. The van der Waals surface area contributed by atoms with Crippen molar-refractivity contribution in [1.29, 1.82) is 0 Å². The third-order valence-electron chi connectivity index (χ3n) is 11.1. The molecule has 8 atom stereocenters. The summed E-state index contributed by atoms with van der Waals surface area (Å²) in [7, 11) is 0. The van der Waals surface area contributed by atoms with E-state index in [-0.39, 0.29) is 25.0 Å². The monoisotopic (exact) mass is 590 g/mol. The summed E-state index contributed by atoms with van der Waals surface area (Å²) >= 11 is 0. The van der Waals surface area contributed by atoms with Crippen molar-refractivity contribution in [2.24, 2.45) is 39.4 Å². The molecule has 0 spiro atoms. The molecule has 0 aromatic rings. The predicted molar refractivity (Wildman–Crippen MR) is 152 cm³/mol. The lowest BCUT2D eigenvalue weighted by molar-refractivity contribution is -0.182. The third kappa shape index (κ3) is 5.04. The van der Waals surface area contributed by atoms with Crippen molar-refractivity contribution in [3.8, 4) is 0 Å². The number of esters is 1. The van der Waals surface area contributed by atoms with E-state index in [1.165, 1.54) is 33.8 Å². The topological polar surface area (TPSA) is 176 Å². The van der Waals surface area contributed by atoms with Crippen LogP contribution in [0.3, 0.4) is 0 Å². The highest BCUT2D eigenvalue weighted by molar-refractivity contribution is 5.97. The smallest absolute Gasteiger partial charge is 0.313 e. The summed E-state index contributed by atoms with van der Waals surface area (Å²) in [4.78, 5) is 63.5. The summed E-state index contributed by atoms with van der Waals surface area (Å²) in [6, 6.07) is 0. The van der Waals surface area contributed by atoms with Crippen molar-refractivity contribution in [3.63, 3.8) is 0 Å². The molecule has 0 bridgehead atoms. The number of aliphatic hydroxyl groups excluding tert-OH is 1. The molecule has 3 rings (SSSR count). The van der Waals surface area contributed by atoms with Gasteiger partial charge >= 0.3 is 17.9 Å². The van der Waals surface area contributed by atoms with Gasteiger partial charge in [0.15, 0.2) is 5.78 Å². The normalized spacial score (nSPS) is 36.5. The van der Waals surface area contributed by atoms with E-state index in [1.807, 2.05) is 6.92 Å². The lowest BCUT2D eigenvalue weighted by atomic mass is 9.39. The zero-order chi connectivity index (χ0) is 32.4. The van der Waals surface area contributed by atoms with Gasteiger partial charge in [-0.3, -0.25) is 24.0 Å². The second-order valence-corrected chi connectivity index (χ2v) is 14.5. The molecule has 10 nitrogen and oxygen atoms in total. The zero-order valence-electron chi connectivity index (χ0n) is 26.1. The maximum atomic E-state index is 14.3. The average Bonchev–Trinajstić information content (AvgIpc) is 3.02. The summed E-state index contributed by atoms with van der Waals surface area (Å²) in [5.74, 6) is -6.23. The van der Waals surface area contributed by atoms with Crippen LogP contribution in [0, 0.1) is 39.4 Å². The molecule has 0 unspecified atom stereocenters. The first-order valence-electron chi connectivity index (χ1n) is 14.4. The number of carboxylic acid groups (broad SMARTS) is 2. The first-order valence-corrected chi connectivity index (χ1v) is 14.4. The lowest BCUT2D eigenvalue weighted by Gasteiger charge is -2.63. The fourth-order valence-electron chi connectivity index (χ4n) is 8.76. The summed E-state index contributed by atoms with van der Waals surface area (Å²) in [6.07, 6.45) is 2.95. The SMILES string of the molecule is CC(=O)OC(C)(C)/C=C/C(=O)[C@@](C)(O)[C@@H]1[C@H](O)C[C@@]2(C)[C@H]3CC=C(C(C)(C)C(=O)O)[C@H](CC(=O)O)[C@]3(C)C(=O)C[C@]12C. The molecule has 0 heterocycles. The molecule has 2 fully saturated rings. The second kappa shape index (κ2) is 10.4. The number of carbonyl (C=O) groups excluding carboxylic acids is 3. The molecule has 42 heavy (non-hydrogen) atoms. The van der Waals surface area contributed by atoms with Crippen molar-refractivity contribution >= 4 is 29.5 Å². The summed E-state index contributed by atoms with van der Waals surface area (Å²) < 4.78 is 5.20. The van der Waals surface area contributed by atoms with Crippen molar-refractivity contribution in [2.45, 2.75) is 105 Å². The Morgan fingerprint density at radius 3 is 2.12 bits per heavy atom. The number of aliphatic carboxylic acids is 2. The van der Waals surface area contributed by atoms with E-state index in [0.717, 1.165) is 6.08 Å². The number of allylic oxidation sites excluding steroid dienone is 1. The van der Waals surface area contributed by atoms with Crippen LogP contribution in [0.25, 0.3) is 0 Å². The largest absolute Gasteiger partial charge is 0.481 e. The molecule has 3 aliphatic rings.